The second-order valence-corrected chi connectivity index (χ2v) is 9.88. The molecule has 3 aromatic rings. The van der Waals surface area contributed by atoms with Gasteiger partial charge < -0.3 is 14.2 Å². The normalized spacial score (nSPS) is 11.5. The summed E-state index contributed by atoms with van der Waals surface area (Å²) in [4.78, 5) is 24.1. The molecule has 3 aromatic carbocycles. The molecule has 0 aliphatic carbocycles. The molecular weight excluding hydrogens is 539 g/mol. The van der Waals surface area contributed by atoms with Crippen molar-refractivity contribution in [3.63, 3.8) is 0 Å². The van der Waals surface area contributed by atoms with Crippen molar-refractivity contribution in [2.45, 2.75) is 31.5 Å². The number of alkyl halides is 3. The minimum absolute atomic E-state index is 0.0315. The highest BCUT2D eigenvalue weighted by Crippen LogP contribution is 2.39. The van der Waals surface area contributed by atoms with Crippen molar-refractivity contribution in [1.29, 1.82) is 0 Å². The molecule has 3 rings (SSSR count). The molecule has 0 bridgehead atoms. The number of halogens is 3. The third-order valence-corrected chi connectivity index (χ3v) is 7.10. The first-order valence-corrected chi connectivity index (χ1v) is 13.2. The summed E-state index contributed by atoms with van der Waals surface area (Å²) in [5, 5.41) is 0. The molecule has 0 atom stereocenters. The number of hydrogen-bond acceptors (Lipinski definition) is 7. The van der Waals surface area contributed by atoms with Gasteiger partial charge in [0.1, 0.15) is 18.9 Å². The lowest BCUT2D eigenvalue weighted by atomic mass is 10.1. The number of ether oxygens (including phenoxy) is 3. The van der Waals surface area contributed by atoms with Crippen molar-refractivity contribution >= 4 is 27.6 Å². The summed E-state index contributed by atoms with van der Waals surface area (Å²) >= 11 is 0. The summed E-state index contributed by atoms with van der Waals surface area (Å²) in [5.74, 6) is -1.87. The van der Waals surface area contributed by atoms with Crippen molar-refractivity contribution in [2.24, 2.45) is 0 Å². The van der Waals surface area contributed by atoms with Crippen LogP contribution in [0.1, 0.15) is 35.3 Å². The lowest BCUT2D eigenvalue weighted by Crippen LogP contribution is -2.37. The zero-order chi connectivity index (χ0) is 28.6. The van der Waals surface area contributed by atoms with Crippen LogP contribution in [0.2, 0.25) is 0 Å². The van der Waals surface area contributed by atoms with E-state index in [9.17, 15) is 31.2 Å². The van der Waals surface area contributed by atoms with E-state index in [1.807, 2.05) is 0 Å². The Hall–Kier alpha value is -4.06. The maximum absolute atomic E-state index is 13.6. The molecule has 0 aromatic heterocycles. The highest BCUT2D eigenvalue weighted by molar-refractivity contribution is 7.92. The summed E-state index contributed by atoms with van der Waals surface area (Å²) in [7, 11) is -4.42. The molecule has 0 amide bonds. The zero-order valence-electron chi connectivity index (χ0n) is 21.1. The van der Waals surface area contributed by atoms with E-state index in [2.05, 4.69) is 0 Å². The molecule has 0 N–H and O–H groups in total. The minimum Gasteiger partial charge on any atom is -0.487 e. The number of esters is 2. The quantitative estimate of drug-likeness (QED) is 0.294. The summed E-state index contributed by atoms with van der Waals surface area (Å²) in [5.41, 5.74) is -0.612. The molecule has 0 aliphatic rings. The maximum atomic E-state index is 13.6. The van der Waals surface area contributed by atoms with Crippen molar-refractivity contribution in [2.75, 3.05) is 24.1 Å². The van der Waals surface area contributed by atoms with E-state index in [0.717, 1.165) is 6.07 Å². The Bertz CT molecular complexity index is 1390. The summed E-state index contributed by atoms with van der Waals surface area (Å²) in [6.45, 7) is 2.29. The standard InChI is InChI=1S/C27H26F3NO7S/c1-3-36-25(32)17-31(39(34,35)22-8-6-5-7-9-22)23-15-14-21(27(28,29)30)16-24(23)38-18-19-10-12-20(13-11-19)26(33)37-4-2/h5-16H,3-4,17-18H2,1-2H3. The molecule has 0 unspecified atom stereocenters. The average molecular weight is 566 g/mol. The fourth-order valence-corrected chi connectivity index (χ4v) is 4.91. The number of carbonyl (C=O) groups is 2. The predicted molar refractivity (Wildman–Crippen MR) is 136 cm³/mol. The van der Waals surface area contributed by atoms with Gasteiger partial charge in [-0.1, -0.05) is 30.3 Å². The van der Waals surface area contributed by atoms with Crippen LogP contribution in [0.3, 0.4) is 0 Å². The molecule has 0 spiro atoms. The average Bonchev–Trinajstić information content (AvgIpc) is 2.91. The largest absolute Gasteiger partial charge is 0.487 e. The second-order valence-electron chi connectivity index (χ2n) is 8.02. The number of carbonyl (C=O) groups excluding carboxylic acids is 2. The van der Waals surface area contributed by atoms with E-state index in [1.165, 1.54) is 55.5 Å². The monoisotopic (exact) mass is 565 g/mol. The van der Waals surface area contributed by atoms with E-state index in [1.54, 1.807) is 13.0 Å². The molecule has 8 nitrogen and oxygen atoms in total. The van der Waals surface area contributed by atoms with E-state index in [4.69, 9.17) is 14.2 Å². The van der Waals surface area contributed by atoms with Crippen LogP contribution >= 0.6 is 0 Å². The fraction of sp³-hybridized carbons (Fsp3) is 0.259. The summed E-state index contributed by atoms with van der Waals surface area (Å²) < 4.78 is 83.9. The molecule has 0 saturated heterocycles. The third-order valence-electron chi connectivity index (χ3n) is 5.32. The fourth-order valence-electron chi connectivity index (χ4n) is 3.47. The number of hydrogen-bond donors (Lipinski definition) is 0. The summed E-state index contributed by atoms with van der Waals surface area (Å²) in [6.07, 6.45) is -4.75. The number of sulfonamides is 1. The SMILES string of the molecule is CCOC(=O)CN(c1ccc(C(F)(F)F)cc1OCc1ccc(C(=O)OCC)cc1)S(=O)(=O)c1ccccc1. The molecule has 39 heavy (non-hydrogen) atoms. The summed E-state index contributed by atoms with van der Waals surface area (Å²) in [6, 6.07) is 15.4. The van der Waals surface area contributed by atoms with E-state index >= 15 is 0 Å². The van der Waals surface area contributed by atoms with Crippen LogP contribution in [0.5, 0.6) is 5.75 Å². The predicted octanol–water partition coefficient (Wildman–Crippen LogP) is 5.22. The first-order valence-electron chi connectivity index (χ1n) is 11.8. The van der Waals surface area contributed by atoms with E-state index in [-0.39, 0.29) is 36.0 Å². The number of benzene rings is 3. The van der Waals surface area contributed by atoms with Crippen LogP contribution in [0, 0.1) is 0 Å². The Kier molecular flexibility index (Phi) is 9.57. The van der Waals surface area contributed by atoms with Gasteiger partial charge >= 0.3 is 18.1 Å². The van der Waals surface area contributed by atoms with Crippen LogP contribution in [-0.2, 0) is 37.1 Å². The Morgan fingerprint density at radius 2 is 1.51 bits per heavy atom. The molecule has 12 heteroatoms. The first kappa shape index (κ1) is 29.5. The molecule has 208 valence electrons. The first-order chi connectivity index (χ1) is 18.5. The van der Waals surface area contributed by atoms with Gasteiger partial charge in [0, 0.05) is 0 Å². The van der Waals surface area contributed by atoms with Crippen LogP contribution in [0.25, 0.3) is 0 Å². The lowest BCUT2D eigenvalue weighted by Gasteiger charge is -2.26. The van der Waals surface area contributed by atoms with Gasteiger partial charge in [-0.05, 0) is 61.9 Å². The van der Waals surface area contributed by atoms with Crippen molar-refractivity contribution in [3.8, 4) is 5.75 Å². The smallest absolute Gasteiger partial charge is 0.416 e. The van der Waals surface area contributed by atoms with Gasteiger partial charge in [-0.2, -0.15) is 13.2 Å². The molecule has 0 aliphatic heterocycles. The number of anilines is 1. The molecule has 0 radical (unpaired) electrons. The lowest BCUT2D eigenvalue weighted by molar-refractivity contribution is -0.141. The molecular formula is C27H26F3NO7S. The van der Waals surface area contributed by atoms with Gasteiger partial charge in [-0.3, -0.25) is 9.10 Å². The number of rotatable bonds is 11. The zero-order valence-corrected chi connectivity index (χ0v) is 21.9. The molecule has 0 heterocycles. The Morgan fingerprint density at radius 3 is 2.10 bits per heavy atom. The molecule has 0 saturated carbocycles. The van der Waals surface area contributed by atoms with E-state index in [0.29, 0.717) is 22.0 Å². The molecule has 0 fully saturated rings. The topological polar surface area (TPSA) is 99.2 Å². The third kappa shape index (κ3) is 7.50. The Balaban J connectivity index is 2.04. The van der Waals surface area contributed by atoms with Crippen LogP contribution in [-0.4, -0.2) is 40.1 Å². The van der Waals surface area contributed by atoms with Crippen LogP contribution in [0.4, 0.5) is 18.9 Å². The van der Waals surface area contributed by atoms with Gasteiger partial charge in [0.2, 0.25) is 0 Å². The highest BCUT2D eigenvalue weighted by Gasteiger charge is 2.34. The Morgan fingerprint density at radius 1 is 0.872 bits per heavy atom. The van der Waals surface area contributed by atoms with Crippen LogP contribution in [0.15, 0.2) is 77.7 Å². The van der Waals surface area contributed by atoms with Crippen LogP contribution < -0.4 is 9.04 Å². The van der Waals surface area contributed by atoms with Gasteiger partial charge in [0.25, 0.3) is 10.0 Å². The second kappa shape index (κ2) is 12.7. The van der Waals surface area contributed by atoms with Crippen molar-refractivity contribution in [3.05, 3.63) is 89.5 Å². The van der Waals surface area contributed by atoms with Gasteiger partial charge in [-0.15, -0.1) is 0 Å². The van der Waals surface area contributed by atoms with Crippen molar-refractivity contribution in [1.82, 2.24) is 0 Å². The maximum Gasteiger partial charge on any atom is 0.416 e. The van der Waals surface area contributed by atoms with Crippen molar-refractivity contribution < 1.29 is 45.4 Å². The van der Waals surface area contributed by atoms with E-state index < -0.39 is 46.0 Å². The minimum atomic E-state index is -4.75. The van der Waals surface area contributed by atoms with Gasteiger partial charge in [0.15, 0.2) is 0 Å². The van der Waals surface area contributed by atoms with Gasteiger partial charge in [0.05, 0.1) is 34.9 Å². The van der Waals surface area contributed by atoms with Gasteiger partial charge in [-0.25, -0.2) is 13.2 Å². The Labute approximate surface area is 224 Å². The highest BCUT2D eigenvalue weighted by atomic mass is 32.2. The number of nitrogens with zero attached hydrogens (tertiary/aromatic N) is 1.